The van der Waals surface area contributed by atoms with E-state index in [4.69, 9.17) is 0 Å². The molecule has 0 amide bonds. The van der Waals surface area contributed by atoms with Crippen LogP contribution in [0.15, 0.2) is 15.1 Å². The smallest absolute Gasteiger partial charge is 0.419 e. The highest BCUT2D eigenvalue weighted by molar-refractivity contribution is 9.11. The molecule has 88 valence electrons. The van der Waals surface area contributed by atoms with Crippen LogP contribution < -0.4 is 0 Å². The molecule has 0 saturated carbocycles. The Morgan fingerprint density at radius 3 is 2.44 bits per heavy atom. The second-order valence-electron chi connectivity index (χ2n) is 2.65. The molecule has 0 aliphatic rings. The van der Waals surface area contributed by atoms with E-state index in [-0.39, 0.29) is 10.2 Å². The van der Waals surface area contributed by atoms with Gasteiger partial charge in [-0.15, -0.1) is 0 Å². The number of carbonyl (C=O) groups is 1. The maximum atomic E-state index is 12.4. The molecule has 0 radical (unpaired) electrons. The summed E-state index contributed by atoms with van der Waals surface area (Å²) in [5, 5.41) is 0. The maximum Gasteiger partial charge on any atom is 0.419 e. The molecule has 1 aromatic heterocycles. The Balaban J connectivity index is 3.33. The van der Waals surface area contributed by atoms with E-state index in [2.05, 4.69) is 41.6 Å². The predicted molar refractivity (Wildman–Crippen MR) is 56.0 cm³/mol. The summed E-state index contributed by atoms with van der Waals surface area (Å²) in [6.07, 6.45) is -4.54. The normalized spacial score (nSPS) is 11.4. The molecule has 0 atom stereocenters. The first-order valence-corrected chi connectivity index (χ1v) is 5.37. The third-order valence-electron chi connectivity index (χ3n) is 1.61. The zero-order valence-electron chi connectivity index (χ0n) is 7.73. The fraction of sp³-hybridized carbons (Fsp3) is 0.250. The van der Waals surface area contributed by atoms with Crippen molar-refractivity contribution in [2.24, 2.45) is 0 Å². The predicted octanol–water partition coefficient (Wildman–Crippen LogP) is 3.41. The first-order valence-electron chi connectivity index (χ1n) is 3.79. The van der Waals surface area contributed by atoms with Gasteiger partial charge in [-0.05, 0) is 37.9 Å². The zero-order chi connectivity index (χ0) is 12.5. The quantitative estimate of drug-likeness (QED) is 0.567. The van der Waals surface area contributed by atoms with Gasteiger partial charge in [-0.3, -0.25) is 0 Å². The number of alkyl halides is 3. The summed E-state index contributed by atoms with van der Waals surface area (Å²) < 4.78 is 41.1. The lowest BCUT2D eigenvalue weighted by Gasteiger charge is -2.10. The van der Waals surface area contributed by atoms with Crippen LogP contribution in [0, 0.1) is 0 Å². The molecule has 0 bridgehead atoms. The third kappa shape index (κ3) is 2.73. The zero-order valence-corrected chi connectivity index (χ0v) is 10.9. The van der Waals surface area contributed by atoms with Crippen LogP contribution in [0.4, 0.5) is 13.2 Å². The standard InChI is InChI=1S/C8H4Br2F3NO2/c1-16-7(15)5-4(9)2-3(6(10)14-5)8(11,12)13/h2H,1H3. The molecule has 0 aromatic carbocycles. The monoisotopic (exact) mass is 361 g/mol. The van der Waals surface area contributed by atoms with Gasteiger partial charge in [-0.25, -0.2) is 9.78 Å². The first kappa shape index (κ1) is 13.4. The van der Waals surface area contributed by atoms with Crippen LogP contribution in [-0.2, 0) is 10.9 Å². The number of halogens is 5. The Kier molecular flexibility index (Phi) is 3.95. The number of nitrogens with zero attached hydrogens (tertiary/aromatic N) is 1. The van der Waals surface area contributed by atoms with Crippen LogP contribution in [-0.4, -0.2) is 18.1 Å². The first-order chi connectivity index (χ1) is 7.27. The van der Waals surface area contributed by atoms with Crippen molar-refractivity contribution in [1.29, 1.82) is 0 Å². The lowest BCUT2D eigenvalue weighted by molar-refractivity contribution is -0.138. The number of rotatable bonds is 1. The molecular weight excluding hydrogens is 359 g/mol. The van der Waals surface area contributed by atoms with E-state index in [1.807, 2.05) is 0 Å². The highest BCUT2D eigenvalue weighted by Crippen LogP contribution is 2.36. The fourth-order valence-electron chi connectivity index (χ4n) is 0.905. The molecule has 0 spiro atoms. The Labute approximate surface area is 105 Å². The summed E-state index contributed by atoms with van der Waals surface area (Å²) in [6, 6.07) is 0.767. The van der Waals surface area contributed by atoms with Crippen molar-refractivity contribution in [3.8, 4) is 0 Å². The van der Waals surface area contributed by atoms with Crippen LogP contribution in [0.25, 0.3) is 0 Å². The Morgan fingerprint density at radius 1 is 1.44 bits per heavy atom. The average Bonchev–Trinajstić information content (AvgIpc) is 2.18. The van der Waals surface area contributed by atoms with Crippen molar-refractivity contribution in [2.45, 2.75) is 6.18 Å². The summed E-state index contributed by atoms with van der Waals surface area (Å²) in [7, 11) is 1.11. The summed E-state index contributed by atoms with van der Waals surface area (Å²) >= 11 is 5.49. The highest BCUT2D eigenvalue weighted by Gasteiger charge is 2.35. The van der Waals surface area contributed by atoms with Gasteiger partial charge >= 0.3 is 12.1 Å². The summed E-state index contributed by atoms with van der Waals surface area (Å²) in [5.41, 5.74) is -1.19. The van der Waals surface area contributed by atoms with Crippen molar-refractivity contribution >= 4 is 37.8 Å². The van der Waals surface area contributed by atoms with Crippen molar-refractivity contribution in [3.63, 3.8) is 0 Å². The molecule has 3 nitrogen and oxygen atoms in total. The summed E-state index contributed by atoms with van der Waals surface area (Å²) in [4.78, 5) is 14.6. The fourth-order valence-corrected chi connectivity index (χ4v) is 1.90. The van der Waals surface area contributed by atoms with Gasteiger partial charge in [0.2, 0.25) is 0 Å². The second kappa shape index (κ2) is 4.70. The van der Waals surface area contributed by atoms with Crippen molar-refractivity contribution < 1.29 is 22.7 Å². The maximum absolute atomic E-state index is 12.4. The van der Waals surface area contributed by atoms with Crippen LogP contribution >= 0.6 is 31.9 Å². The average molecular weight is 363 g/mol. The minimum Gasteiger partial charge on any atom is -0.464 e. The number of aromatic nitrogens is 1. The second-order valence-corrected chi connectivity index (χ2v) is 4.25. The lowest BCUT2D eigenvalue weighted by atomic mass is 10.2. The van der Waals surface area contributed by atoms with Gasteiger partial charge in [0, 0.05) is 0 Å². The van der Waals surface area contributed by atoms with Crippen LogP contribution in [0.2, 0.25) is 0 Å². The van der Waals surface area contributed by atoms with Crippen LogP contribution in [0.1, 0.15) is 16.1 Å². The number of methoxy groups -OCH3 is 1. The molecule has 0 aliphatic carbocycles. The van der Waals surface area contributed by atoms with E-state index >= 15 is 0 Å². The van der Waals surface area contributed by atoms with Crippen molar-refractivity contribution in [2.75, 3.05) is 7.11 Å². The third-order valence-corrected chi connectivity index (χ3v) is 2.82. The van der Waals surface area contributed by atoms with E-state index in [0.29, 0.717) is 0 Å². The number of carbonyl (C=O) groups excluding carboxylic acids is 1. The summed E-state index contributed by atoms with van der Waals surface area (Å²) in [5.74, 6) is -0.818. The lowest BCUT2D eigenvalue weighted by Crippen LogP contribution is -2.12. The van der Waals surface area contributed by atoms with Gasteiger partial charge in [-0.2, -0.15) is 13.2 Å². The van der Waals surface area contributed by atoms with Gasteiger partial charge in [0.1, 0.15) is 4.60 Å². The van der Waals surface area contributed by atoms with E-state index < -0.39 is 22.3 Å². The van der Waals surface area contributed by atoms with E-state index in [1.165, 1.54) is 0 Å². The molecule has 16 heavy (non-hydrogen) atoms. The highest BCUT2D eigenvalue weighted by atomic mass is 79.9. The molecule has 8 heteroatoms. The number of hydrogen-bond acceptors (Lipinski definition) is 3. The molecule has 0 N–H and O–H groups in total. The topological polar surface area (TPSA) is 39.2 Å². The number of pyridine rings is 1. The molecule has 0 fully saturated rings. The summed E-state index contributed by atoms with van der Waals surface area (Å²) in [6.45, 7) is 0. The van der Waals surface area contributed by atoms with Gasteiger partial charge in [0.25, 0.3) is 0 Å². The SMILES string of the molecule is COC(=O)c1nc(Br)c(C(F)(F)F)cc1Br. The molecule has 1 aromatic rings. The number of esters is 1. The molecular formula is C8H4Br2F3NO2. The minimum atomic E-state index is -4.54. The van der Waals surface area contributed by atoms with E-state index in [0.717, 1.165) is 13.2 Å². The van der Waals surface area contributed by atoms with Crippen molar-refractivity contribution in [1.82, 2.24) is 4.98 Å². The van der Waals surface area contributed by atoms with Crippen LogP contribution in [0.5, 0.6) is 0 Å². The van der Waals surface area contributed by atoms with Crippen LogP contribution in [0.3, 0.4) is 0 Å². The van der Waals surface area contributed by atoms with E-state index in [1.54, 1.807) is 0 Å². The minimum absolute atomic E-state index is 0.0742. The van der Waals surface area contributed by atoms with Gasteiger partial charge in [0.05, 0.1) is 17.1 Å². The Bertz CT molecular complexity index is 434. The molecule has 0 unspecified atom stereocenters. The van der Waals surface area contributed by atoms with Gasteiger partial charge in [0.15, 0.2) is 5.69 Å². The molecule has 1 heterocycles. The molecule has 1 rings (SSSR count). The van der Waals surface area contributed by atoms with Gasteiger partial charge in [-0.1, -0.05) is 0 Å². The largest absolute Gasteiger partial charge is 0.464 e. The molecule has 0 aliphatic heterocycles. The Hall–Kier alpha value is -0.630. The number of ether oxygens (including phenoxy) is 1. The molecule has 0 saturated heterocycles. The van der Waals surface area contributed by atoms with E-state index in [9.17, 15) is 18.0 Å². The van der Waals surface area contributed by atoms with Crippen molar-refractivity contribution in [3.05, 3.63) is 26.4 Å². The van der Waals surface area contributed by atoms with Gasteiger partial charge < -0.3 is 4.74 Å². The Morgan fingerprint density at radius 2 is 2.00 bits per heavy atom. The number of hydrogen-bond donors (Lipinski definition) is 0.